The van der Waals surface area contributed by atoms with E-state index in [1.54, 1.807) is 6.20 Å². The van der Waals surface area contributed by atoms with Crippen LogP contribution in [-0.2, 0) is 10.2 Å². The summed E-state index contributed by atoms with van der Waals surface area (Å²) in [7, 11) is 0. The second-order valence-corrected chi connectivity index (χ2v) is 5.69. The van der Waals surface area contributed by atoms with Gasteiger partial charge in [-0.1, -0.05) is 0 Å². The topological polar surface area (TPSA) is 83.6 Å². The fraction of sp³-hybridized carbons (Fsp3) is 0.200. The molecule has 0 saturated heterocycles. The molecule has 6 heteroatoms. The fourth-order valence-corrected chi connectivity index (χ4v) is 2.63. The van der Waals surface area contributed by atoms with E-state index in [9.17, 15) is 4.79 Å². The Morgan fingerprint density at radius 2 is 2.10 bits per heavy atom. The lowest BCUT2D eigenvalue weighted by Crippen LogP contribution is -2.26. The Hall–Kier alpha value is -2.76. The van der Waals surface area contributed by atoms with Crippen molar-refractivity contribution in [2.75, 3.05) is 5.32 Å². The molecule has 3 heterocycles. The standard InChI is InChI=1S/C15H13N5O/c1-15(2)8-6-11-12(7-10(8)19-14(15)21)18-13(17-11)9-4-3-5-16-20-9/h3-7H,1-2H3,(H,17,18)(H,19,21). The number of anilines is 1. The molecule has 0 saturated carbocycles. The first-order valence-corrected chi connectivity index (χ1v) is 6.69. The van der Waals surface area contributed by atoms with Crippen molar-refractivity contribution in [3.8, 4) is 11.5 Å². The Bertz CT molecular complexity index is 866. The van der Waals surface area contributed by atoms with Gasteiger partial charge in [0.2, 0.25) is 5.91 Å². The quantitative estimate of drug-likeness (QED) is 0.715. The minimum atomic E-state index is -0.533. The molecule has 1 aliphatic heterocycles. The number of rotatable bonds is 1. The smallest absolute Gasteiger partial charge is 0.234 e. The molecule has 0 bridgehead atoms. The van der Waals surface area contributed by atoms with Gasteiger partial charge in [-0.15, -0.1) is 5.10 Å². The number of aromatic amines is 1. The lowest BCUT2D eigenvalue weighted by Gasteiger charge is -2.14. The predicted octanol–water partition coefficient (Wildman–Crippen LogP) is 2.25. The summed E-state index contributed by atoms with van der Waals surface area (Å²) >= 11 is 0. The maximum atomic E-state index is 12.0. The van der Waals surface area contributed by atoms with Crippen molar-refractivity contribution < 1.29 is 4.79 Å². The number of hydrogen-bond acceptors (Lipinski definition) is 4. The van der Waals surface area contributed by atoms with Gasteiger partial charge in [-0.2, -0.15) is 5.10 Å². The highest BCUT2D eigenvalue weighted by molar-refractivity contribution is 6.07. The van der Waals surface area contributed by atoms with Crippen LogP contribution in [-0.4, -0.2) is 26.1 Å². The molecule has 1 amide bonds. The zero-order valence-electron chi connectivity index (χ0n) is 11.6. The summed E-state index contributed by atoms with van der Waals surface area (Å²) in [6, 6.07) is 7.55. The second kappa shape index (κ2) is 3.88. The molecule has 0 radical (unpaired) electrons. The molecular formula is C15H13N5O. The summed E-state index contributed by atoms with van der Waals surface area (Å²) in [5, 5.41) is 10.8. The maximum Gasteiger partial charge on any atom is 0.234 e. The summed E-state index contributed by atoms with van der Waals surface area (Å²) in [5.41, 5.74) is 3.66. The SMILES string of the molecule is CC1(C)C(=O)Nc2cc3[nH]c(-c4cccnn4)nc3cc21. The third-order valence-corrected chi connectivity index (χ3v) is 3.93. The van der Waals surface area contributed by atoms with Gasteiger partial charge in [0.1, 0.15) is 5.69 Å². The third-order valence-electron chi connectivity index (χ3n) is 3.93. The molecule has 104 valence electrons. The van der Waals surface area contributed by atoms with Crippen molar-refractivity contribution in [1.29, 1.82) is 0 Å². The van der Waals surface area contributed by atoms with E-state index in [0.29, 0.717) is 11.5 Å². The molecule has 0 aliphatic carbocycles. The average molecular weight is 279 g/mol. The molecular weight excluding hydrogens is 266 g/mol. The zero-order valence-corrected chi connectivity index (χ0v) is 11.6. The number of hydrogen-bond donors (Lipinski definition) is 2. The number of benzene rings is 1. The van der Waals surface area contributed by atoms with Crippen LogP contribution in [0.4, 0.5) is 5.69 Å². The van der Waals surface area contributed by atoms with Crippen LogP contribution < -0.4 is 5.32 Å². The molecule has 0 fully saturated rings. The number of H-pyrrole nitrogens is 1. The molecule has 1 aromatic carbocycles. The lowest BCUT2D eigenvalue weighted by molar-refractivity contribution is -0.119. The van der Waals surface area contributed by atoms with E-state index in [1.807, 2.05) is 38.1 Å². The van der Waals surface area contributed by atoms with Gasteiger partial charge >= 0.3 is 0 Å². The van der Waals surface area contributed by atoms with E-state index in [-0.39, 0.29) is 5.91 Å². The number of imidazole rings is 1. The minimum absolute atomic E-state index is 0.0132. The van der Waals surface area contributed by atoms with Crippen LogP contribution in [0.2, 0.25) is 0 Å². The molecule has 0 atom stereocenters. The normalized spacial score (nSPS) is 16.0. The van der Waals surface area contributed by atoms with E-state index in [0.717, 1.165) is 22.3 Å². The van der Waals surface area contributed by atoms with E-state index in [4.69, 9.17) is 0 Å². The largest absolute Gasteiger partial charge is 0.337 e. The summed E-state index contributed by atoms with van der Waals surface area (Å²) < 4.78 is 0. The van der Waals surface area contributed by atoms with Gasteiger partial charge in [-0.05, 0) is 43.7 Å². The van der Waals surface area contributed by atoms with Crippen LogP contribution in [0.25, 0.3) is 22.6 Å². The highest BCUT2D eigenvalue weighted by atomic mass is 16.2. The Balaban J connectivity index is 1.90. The van der Waals surface area contributed by atoms with Crippen molar-refractivity contribution in [3.63, 3.8) is 0 Å². The van der Waals surface area contributed by atoms with Crippen molar-refractivity contribution in [2.24, 2.45) is 0 Å². The van der Waals surface area contributed by atoms with E-state index in [2.05, 4.69) is 25.5 Å². The monoisotopic (exact) mass is 279 g/mol. The first kappa shape index (κ1) is 12.0. The summed E-state index contributed by atoms with van der Waals surface area (Å²) in [6.07, 6.45) is 1.62. The molecule has 21 heavy (non-hydrogen) atoms. The Morgan fingerprint density at radius 3 is 2.86 bits per heavy atom. The van der Waals surface area contributed by atoms with Crippen LogP contribution in [0.3, 0.4) is 0 Å². The highest BCUT2D eigenvalue weighted by Gasteiger charge is 2.38. The number of carbonyl (C=O) groups is 1. The van der Waals surface area contributed by atoms with Crippen molar-refractivity contribution >= 4 is 22.6 Å². The second-order valence-electron chi connectivity index (χ2n) is 5.69. The molecule has 4 rings (SSSR count). The first-order chi connectivity index (χ1) is 10.1. The summed E-state index contributed by atoms with van der Waals surface area (Å²) in [6.45, 7) is 3.83. The average Bonchev–Trinajstić information content (AvgIpc) is 2.98. The number of carbonyl (C=O) groups excluding carboxylic acids is 1. The zero-order chi connectivity index (χ0) is 14.6. The Morgan fingerprint density at radius 1 is 1.24 bits per heavy atom. The number of amides is 1. The number of aromatic nitrogens is 4. The van der Waals surface area contributed by atoms with Gasteiger partial charge in [-0.3, -0.25) is 4.79 Å². The maximum absolute atomic E-state index is 12.0. The van der Waals surface area contributed by atoms with Crippen molar-refractivity contribution in [2.45, 2.75) is 19.3 Å². The van der Waals surface area contributed by atoms with E-state index in [1.165, 1.54) is 0 Å². The van der Waals surface area contributed by atoms with Crippen LogP contribution >= 0.6 is 0 Å². The molecule has 6 nitrogen and oxygen atoms in total. The van der Waals surface area contributed by atoms with Gasteiger partial charge < -0.3 is 10.3 Å². The molecule has 0 unspecified atom stereocenters. The van der Waals surface area contributed by atoms with Crippen LogP contribution in [0.1, 0.15) is 19.4 Å². The van der Waals surface area contributed by atoms with Gasteiger partial charge in [0.15, 0.2) is 5.82 Å². The molecule has 1 aliphatic rings. The summed E-state index contributed by atoms with van der Waals surface area (Å²) in [4.78, 5) is 19.8. The van der Waals surface area contributed by atoms with Crippen LogP contribution in [0.15, 0.2) is 30.5 Å². The van der Waals surface area contributed by atoms with Crippen LogP contribution in [0.5, 0.6) is 0 Å². The van der Waals surface area contributed by atoms with Crippen LogP contribution in [0, 0.1) is 0 Å². The highest BCUT2D eigenvalue weighted by Crippen LogP contribution is 2.39. The third kappa shape index (κ3) is 1.65. The van der Waals surface area contributed by atoms with Gasteiger partial charge in [0, 0.05) is 11.9 Å². The first-order valence-electron chi connectivity index (χ1n) is 6.69. The number of nitrogens with zero attached hydrogens (tertiary/aromatic N) is 3. The van der Waals surface area contributed by atoms with Gasteiger partial charge in [0.25, 0.3) is 0 Å². The molecule has 2 N–H and O–H groups in total. The molecule has 3 aromatic rings. The van der Waals surface area contributed by atoms with E-state index < -0.39 is 5.41 Å². The fourth-order valence-electron chi connectivity index (χ4n) is 2.63. The summed E-state index contributed by atoms with van der Waals surface area (Å²) in [5.74, 6) is 0.685. The number of nitrogens with one attached hydrogen (secondary N) is 2. The predicted molar refractivity (Wildman–Crippen MR) is 78.8 cm³/mol. The van der Waals surface area contributed by atoms with Gasteiger partial charge in [0.05, 0.1) is 16.4 Å². The molecule has 2 aromatic heterocycles. The van der Waals surface area contributed by atoms with Crippen molar-refractivity contribution in [3.05, 3.63) is 36.0 Å². The Kier molecular flexibility index (Phi) is 2.22. The minimum Gasteiger partial charge on any atom is -0.337 e. The molecule has 0 spiro atoms. The van der Waals surface area contributed by atoms with E-state index >= 15 is 0 Å². The van der Waals surface area contributed by atoms with Gasteiger partial charge in [-0.25, -0.2) is 4.98 Å². The Labute approximate surface area is 120 Å². The lowest BCUT2D eigenvalue weighted by atomic mass is 9.86. The number of fused-ring (bicyclic) bond motifs is 2. The van der Waals surface area contributed by atoms with Crippen molar-refractivity contribution in [1.82, 2.24) is 20.2 Å².